The second kappa shape index (κ2) is 15.2. The van der Waals surface area contributed by atoms with Crippen molar-refractivity contribution in [2.24, 2.45) is 74.9 Å². The van der Waals surface area contributed by atoms with Crippen molar-refractivity contribution >= 4 is 23.2 Å². The number of fused-ring (bicyclic) bond motifs is 7. The second-order valence-corrected chi connectivity index (χ2v) is 22.1. The van der Waals surface area contributed by atoms with Gasteiger partial charge < -0.3 is 20.2 Å². The zero-order chi connectivity index (χ0) is 40.7. The molecule has 0 radical (unpaired) electrons. The Hall–Kier alpha value is -2.51. The van der Waals surface area contributed by atoms with Gasteiger partial charge in [0, 0.05) is 62.6 Å². The van der Waals surface area contributed by atoms with E-state index >= 15 is 0 Å². The van der Waals surface area contributed by atoms with Crippen molar-refractivity contribution in [3.05, 3.63) is 41.0 Å². The minimum atomic E-state index is -0.744. The molecule has 7 heteroatoms. The molecule has 7 nitrogen and oxygen atoms in total. The number of piperazine rings is 1. The number of hydrogen-bond donors (Lipinski definition) is 2. The van der Waals surface area contributed by atoms with Gasteiger partial charge in [0.05, 0.1) is 5.92 Å². The van der Waals surface area contributed by atoms with Gasteiger partial charge in [0.1, 0.15) is 5.78 Å². The van der Waals surface area contributed by atoms with Gasteiger partial charge in [-0.25, -0.2) is 0 Å². The molecule has 6 fully saturated rings. The lowest BCUT2D eigenvalue weighted by Crippen LogP contribution is -2.62. The predicted molar refractivity (Wildman–Crippen MR) is 229 cm³/mol. The maximum absolute atomic E-state index is 14.1. The van der Waals surface area contributed by atoms with Gasteiger partial charge in [-0.15, -0.1) is 0 Å². The van der Waals surface area contributed by atoms with Crippen LogP contribution in [0.25, 0.3) is 0 Å². The molecular formula is C50H75N3O4. The number of carbonyl (C=O) groups is 3. The van der Waals surface area contributed by atoms with Crippen molar-refractivity contribution in [3.8, 4) is 0 Å². The lowest BCUT2D eigenvalue weighted by Gasteiger charge is -2.69. The van der Waals surface area contributed by atoms with Crippen molar-refractivity contribution in [1.82, 2.24) is 10.2 Å². The third kappa shape index (κ3) is 6.89. The van der Waals surface area contributed by atoms with E-state index in [1.54, 1.807) is 5.57 Å². The van der Waals surface area contributed by atoms with Crippen LogP contribution in [0.2, 0.25) is 0 Å². The normalized spacial score (nSPS) is 40.2. The highest BCUT2D eigenvalue weighted by atomic mass is 16.4. The molecule has 0 amide bonds. The van der Waals surface area contributed by atoms with E-state index in [0.29, 0.717) is 60.4 Å². The Morgan fingerprint density at radius 2 is 1.58 bits per heavy atom. The first-order chi connectivity index (χ1) is 27.0. The van der Waals surface area contributed by atoms with Crippen LogP contribution in [-0.4, -0.2) is 67.3 Å². The third-order valence-corrected chi connectivity index (χ3v) is 18.9. The monoisotopic (exact) mass is 782 g/mol. The Balaban J connectivity index is 0.944. The van der Waals surface area contributed by atoms with Gasteiger partial charge in [0.25, 0.3) is 0 Å². The molecule has 8 rings (SSSR count). The van der Waals surface area contributed by atoms with Crippen molar-refractivity contribution in [3.63, 3.8) is 0 Å². The van der Waals surface area contributed by atoms with Gasteiger partial charge in [-0.2, -0.15) is 0 Å². The van der Waals surface area contributed by atoms with E-state index in [-0.39, 0.29) is 45.3 Å². The highest BCUT2D eigenvalue weighted by Gasteiger charge is 2.66. The van der Waals surface area contributed by atoms with Gasteiger partial charge in [-0.1, -0.05) is 66.2 Å². The maximum atomic E-state index is 14.1. The van der Waals surface area contributed by atoms with E-state index in [4.69, 9.17) is 0 Å². The Bertz CT molecular complexity index is 1740. The molecule has 0 spiro atoms. The summed E-state index contributed by atoms with van der Waals surface area (Å²) in [5, 5.41) is 13.4. The second-order valence-electron chi connectivity index (χ2n) is 22.1. The molecule has 1 aromatic carbocycles. The molecule has 1 aliphatic heterocycles. The number of Topliss-reactive ketones (excluding diaryl/α,β-unsaturated/α-hetero) is 2. The molecule has 11 atom stereocenters. The molecule has 1 heterocycles. The molecular weight excluding hydrogens is 707 g/mol. The van der Waals surface area contributed by atoms with Crippen LogP contribution in [0.15, 0.2) is 35.4 Å². The van der Waals surface area contributed by atoms with Crippen LogP contribution in [-0.2, 0) is 20.9 Å². The van der Waals surface area contributed by atoms with Crippen LogP contribution in [0.1, 0.15) is 131 Å². The lowest BCUT2D eigenvalue weighted by atomic mass is 9.35. The van der Waals surface area contributed by atoms with E-state index in [9.17, 15) is 19.5 Å². The summed E-state index contributed by atoms with van der Waals surface area (Å²) in [5.41, 5.74) is 6.06. The number of carboxylic acid groups (broad SMARTS) is 1. The van der Waals surface area contributed by atoms with Crippen LogP contribution in [0.5, 0.6) is 0 Å². The smallest absolute Gasteiger partial charge is 0.306 e. The number of allylic oxidation sites excluding steroid dienone is 2. The van der Waals surface area contributed by atoms with Crippen molar-refractivity contribution in [1.29, 1.82) is 0 Å². The summed E-state index contributed by atoms with van der Waals surface area (Å²) in [6, 6.07) is 9.17. The van der Waals surface area contributed by atoms with E-state index in [0.717, 1.165) is 58.5 Å². The Morgan fingerprint density at radius 3 is 2.25 bits per heavy atom. The van der Waals surface area contributed by atoms with Crippen LogP contribution in [0.4, 0.5) is 5.69 Å². The number of carbonyl (C=O) groups excluding carboxylic acids is 2. The highest BCUT2D eigenvalue weighted by molar-refractivity contribution is 6.00. The number of ketones is 2. The quantitative estimate of drug-likeness (QED) is 0.216. The van der Waals surface area contributed by atoms with Crippen LogP contribution in [0.3, 0.4) is 0 Å². The SMILES string of the molecule is CC(C)C1=C2C3CCC4C(C)(CCC5C(C)(C)C(CC(=O)C6CC(C(=O)O)C6C)CCC54C)C3CCC2(CCNCc2ccc(N3CCN(C)CC3)cc2)CC1=O. The zero-order valence-electron chi connectivity index (χ0n) is 36.8. The number of anilines is 1. The van der Waals surface area contributed by atoms with Gasteiger partial charge in [-0.3, -0.25) is 14.4 Å². The van der Waals surface area contributed by atoms with Crippen LogP contribution in [0, 0.1) is 74.9 Å². The van der Waals surface area contributed by atoms with Gasteiger partial charge in [-0.05, 0) is 159 Å². The number of rotatable bonds is 11. The maximum Gasteiger partial charge on any atom is 0.306 e. The van der Waals surface area contributed by atoms with Crippen molar-refractivity contribution in [2.75, 3.05) is 44.7 Å². The van der Waals surface area contributed by atoms with E-state index in [1.165, 1.54) is 55.3 Å². The third-order valence-electron chi connectivity index (χ3n) is 18.9. The fraction of sp³-hybridized carbons (Fsp3) is 0.780. The molecule has 7 aliphatic rings. The summed E-state index contributed by atoms with van der Waals surface area (Å²) in [6.45, 7) is 23.0. The first kappa shape index (κ1) is 41.2. The van der Waals surface area contributed by atoms with Crippen LogP contribution >= 0.6 is 0 Å². The molecule has 314 valence electrons. The lowest BCUT2D eigenvalue weighted by molar-refractivity contribution is -0.193. The molecule has 2 N–H and O–H groups in total. The number of nitrogens with one attached hydrogen (secondary N) is 1. The summed E-state index contributed by atoms with van der Waals surface area (Å²) in [4.78, 5) is 44.2. The average molecular weight is 782 g/mol. The fourth-order valence-electron chi connectivity index (χ4n) is 15.6. The minimum Gasteiger partial charge on any atom is -0.481 e. The topological polar surface area (TPSA) is 89.9 Å². The van der Waals surface area contributed by atoms with E-state index in [2.05, 4.69) is 88.0 Å². The number of carboxylic acids is 1. The molecule has 11 unspecified atom stereocenters. The number of benzene rings is 1. The summed E-state index contributed by atoms with van der Waals surface area (Å²) in [7, 11) is 2.20. The first-order valence-corrected chi connectivity index (χ1v) is 23.3. The Labute approximate surface area is 344 Å². The molecule has 57 heavy (non-hydrogen) atoms. The average Bonchev–Trinajstić information content (AvgIpc) is 3.46. The number of aliphatic carboxylic acids is 1. The fourth-order valence-corrected chi connectivity index (χ4v) is 15.6. The summed E-state index contributed by atoms with van der Waals surface area (Å²) < 4.78 is 0. The number of nitrogens with zero attached hydrogens (tertiary/aromatic N) is 2. The molecule has 1 saturated heterocycles. The Kier molecular flexibility index (Phi) is 11.0. The number of likely N-dealkylation sites (N-methyl/N-ethyl adjacent to an activating group) is 1. The first-order valence-electron chi connectivity index (χ1n) is 23.3. The van der Waals surface area contributed by atoms with E-state index < -0.39 is 5.97 Å². The standard InChI is InChI=1S/C50H75N3O4/c1-31(2)44-41(55)29-50(21-22-51-30-33-9-11-35(12-10-33)53-25-23-52(8)24-26-53)20-16-39-36(45(44)50)13-14-43-48(39,6)19-17-42-47(4,5)34(15-18-49(42,43)7)27-40(54)37-28-38(32(37)3)46(56)57/h9-12,31-32,34,36-39,42-43,51H,13-30H2,1-8H3,(H,56,57). The molecule has 0 aromatic heterocycles. The Morgan fingerprint density at radius 1 is 0.877 bits per heavy atom. The van der Waals surface area contributed by atoms with Crippen LogP contribution < -0.4 is 10.2 Å². The van der Waals surface area contributed by atoms with Crippen molar-refractivity contribution in [2.45, 2.75) is 132 Å². The van der Waals surface area contributed by atoms with Gasteiger partial charge in [0.2, 0.25) is 0 Å². The number of hydrogen-bond acceptors (Lipinski definition) is 6. The summed E-state index contributed by atoms with van der Waals surface area (Å²) in [5.74, 6) is 2.59. The highest BCUT2D eigenvalue weighted by Crippen LogP contribution is 2.74. The van der Waals surface area contributed by atoms with Gasteiger partial charge in [0.15, 0.2) is 5.78 Å². The predicted octanol–water partition coefficient (Wildman–Crippen LogP) is 9.44. The van der Waals surface area contributed by atoms with Gasteiger partial charge >= 0.3 is 5.97 Å². The zero-order valence-corrected chi connectivity index (χ0v) is 36.8. The molecule has 0 bridgehead atoms. The summed E-state index contributed by atoms with van der Waals surface area (Å²) >= 11 is 0. The molecule has 1 aromatic rings. The molecule has 5 saturated carbocycles. The molecule has 6 aliphatic carbocycles. The van der Waals surface area contributed by atoms with E-state index in [1.807, 2.05) is 6.92 Å². The minimum absolute atomic E-state index is 0.00937. The summed E-state index contributed by atoms with van der Waals surface area (Å²) in [6.07, 6.45) is 12.5. The largest absolute Gasteiger partial charge is 0.481 e. The van der Waals surface area contributed by atoms with Crippen molar-refractivity contribution < 1.29 is 19.5 Å².